The first kappa shape index (κ1) is 12.1. The van der Waals surface area contributed by atoms with Crippen molar-refractivity contribution in [2.24, 2.45) is 0 Å². The summed E-state index contributed by atoms with van der Waals surface area (Å²) in [5.74, 6) is 0.284. The molecule has 0 radical (unpaired) electrons. The molecule has 1 aromatic heterocycles. The first-order valence-electron chi connectivity index (χ1n) is 5.37. The highest BCUT2D eigenvalue weighted by Crippen LogP contribution is 2.12. The van der Waals surface area contributed by atoms with E-state index >= 15 is 0 Å². The third-order valence-corrected chi connectivity index (χ3v) is 2.21. The second kappa shape index (κ2) is 5.31. The standard InChI is InChI=1S/C12H12FN3O2/c1-8-6-11(16-18-8)14-7-12(17)15-10-5-3-2-4-9(10)13/h2-6H,7H2,1H3,(H,14,16)(H,15,17). The van der Waals surface area contributed by atoms with Crippen molar-refractivity contribution < 1.29 is 13.7 Å². The van der Waals surface area contributed by atoms with Crippen LogP contribution < -0.4 is 10.6 Å². The average molecular weight is 249 g/mol. The van der Waals surface area contributed by atoms with Gasteiger partial charge in [-0.2, -0.15) is 0 Å². The Labute approximate surface area is 103 Å². The van der Waals surface area contributed by atoms with E-state index in [1.165, 1.54) is 12.1 Å². The molecule has 94 valence electrons. The number of aryl methyl sites for hydroxylation is 1. The highest BCUT2D eigenvalue weighted by molar-refractivity contribution is 5.93. The SMILES string of the molecule is Cc1cc(NCC(=O)Nc2ccccc2F)no1. The van der Waals surface area contributed by atoms with Crippen LogP contribution in [-0.2, 0) is 4.79 Å². The predicted octanol–water partition coefficient (Wildman–Crippen LogP) is 2.17. The zero-order valence-electron chi connectivity index (χ0n) is 9.74. The minimum absolute atomic E-state index is 0.0136. The van der Waals surface area contributed by atoms with Crippen molar-refractivity contribution >= 4 is 17.4 Å². The summed E-state index contributed by atoms with van der Waals surface area (Å²) < 4.78 is 18.1. The van der Waals surface area contributed by atoms with Crippen LogP contribution in [0.25, 0.3) is 0 Å². The summed E-state index contributed by atoms with van der Waals surface area (Å²) in [7, 11) is 0. The molecule has 5 nitrogen and oxygen atoms in total. The molecule has 0 aliphatic heterocycles. The molecule has 0 fully saturated rings. The summed E-state index contributed by atoms with van der Waals surface area (Å²) in [6.45, 7) is 1.73. The highest BCUT2D eigenvalue weighted by atomic mass is 19.1. The number of carbonyl (C=O) groups excluding carboxylic acids is 1. The van der Waals surface area contributed by atoms with Crippen molar-refractivity contribution in [3.8, 4) is 0 Å². The molecule has 18 heavy (non-hydrogen) atoms. The van der Waals surface area contributed by atoms with Crippen LogP contribution in [0.1, 0.15) is 5.76 Å². The molecule has 2 N–H and O–H groups in total. The molecular formula is C12H12FN3O2. The molecule has 1 amide bonds. The van der Waals surface area contributed by atoms with E-state index in [0.717, 1.165) is 0 Å². The molecule has 0 aliphatic carbocycles. The van der Waals surface area contributed by atoms with Gasteiger partial charge in [0.05, 0.1) is 12.2 Å². The summed E-state index contributed by atoms with van der Waals surface area (Å²) in [4.78, 5) is 11.5. The van der Waals surface area contributed by atoms with Gasteiger partial charge in [-0.05, 0) is 19.1 Å². The predicted molar refractivity (Wildman–Crippen MR) is 64.8 cm³/mol. The van der Waals surface area contributed by atoms with E-state index in [2.05, 4.69) is 15.8 Å². The van der Waals surface area contributed by atoms with Gasteiger partial charge in [0.2, 0.25) is 5.91 Å². The second-order valence-electron chi connectivity index (χ2n) is 3.70. The monoisotopic (exact) mass is 249 g/mol. The Morgan fingerprint density at radius 2 is 2.22 bits per heavy atom. The zero-order valence-corrected chi connectivity index (χ0v) is 9.74. The molecule has 0 saturated heterocycles. The van der Waals surface area contributed by atoms with Crippen LogP contribution in [-0.4, -0.2) is 17.6 Å². The Morgan fingerprint density at radius 1 is 1.44 bits per heavy atom. The number of benzene rings is 1. The Bertz CT molecular complexity index is 554. The molecule has 0 unspecified atom stereocenters. The van der Waals surface area contributed by atoms with Gasteiger partial charge in [-0.15, -0.1) is 0 Å². The summed E-state index contributed by atoms with van der Waals surface area (Å²) in [6, 6.07) is 7.64. The maximum Gasteiger partial charge on any atom is 0.243 e. The van der Waals surface area contributed by atoms with Crippen LogP contribution in [0.5, 0.6) is 0 Å². The van der Waals surface area contributed by atoms with Gasteiger partial charge in [-0.1, -0.05) is 17.3 Å². The Morgan fingerprint density at radius 3 is 2.89 bits per heavy atom. The maximum absolute atomic E-state index is 13.3. The maximum atomic E-state index is 13.3. The number of nitrogens with one attached hydrogen (secondary N) is 2. The Kier molecular flexibility index (Phi) is 3.57. The van der Waals surface area contributed by atoms with Crippen molar-refractivity contribution in [3.63, 3.8) is 0 Å². The van der Waals surface area contributed by atoms with E-state index in [1.807, 2.05) is 0 Å². The van der Waals surface area contributed by atoms with Gasteiger partial charge in [0, 0.05) is 6.07 Å². The number of carbonyl (C=O) groups is 1. The van der Waals surface area contributed by atoms with Crippen LogP contribution in [0.3, 0.4) is 0 Å². The number of nitrogens with zero attached hydrogens (tertiary/aromatic N) is 1. The fraction of sp³-hybridized carbons (Fsp3) is 0.167. The van der Waals surface area contributed by atoms with Crippen LogP contribution in [0.2, 0.25) is 0 Å². The second-order valence-corrected chi connectivity index (χ2v) is 3.70. The summed E-state index contributed by atoms with van der Waals surface area (Å²) in [5.41, 5.74) is 0.153. The van der Waals surface area contributed by atoms with E-state index in [1.54, 1.807) is 25.1 Å². The molecule has 0 aliphatic rings. The molecule has 2 aromatic rings. The summed E-state index contributed by atoms with van der Waals surface area (Å²) in [6.07, 6.45) is 0. The topological polar surface area (TPSA) is 67.2 Å². The third-order valence-electron chi connectivity index (χ3n) is 2.21. The average Bonchev–Trinajstić information content (AvgIpc) is 2.76. The number of aromatic nitrogens is 1. The minimum Gasteiger partial charge on any atom is -0.360 e. The van der Waals surface area contributed by atoms with Gasteiger partial charge >= 0.3 is 0 Å². The number of rotatable bonds is 4. The molecule has 2 rings (SSSR count). The highest BCUT2D eigenvalue weighted by Gasteiger charge is 2.07. The van der Waals surface area contributed by atoms with Crippen molar-refractivity contribution in [1.82, 2.24) is 5.16 Å². The van der Waals surface area contributed by atoms with Gasteiger partial charge in [0.15, 0.2) is 5.82 Å². The van der Waals surface area contributed by atoms with E-state index in [0.29, 0.717) is 11.6 Å². The number of amides is 1. The minimum atomic E-state index is -0.469. The lowest BCUT2D eigenvalue weighted by atomic mass is 10.3. The lowest BCUT2D eigenvalue weighted by Crippen LogP contribution is -2.22. The van der Waals surface area contributed by atoms with Gasteiger partial charge in [0.1, 0.15) is 11.6 Å². The third kappa shape index (κ3) is 3.07. The number of anilines is 2. The molecule has 0 saturated carbocycles. The van der Waals surface area contributed by atoms with Gasteiger partial charge in [-0.25, -0.2) is 4.39 Å². The van der Waals surface area contributed by atoms with E-state index in [-0.39, 0.29) is 18.1 Å². The number of hydrogen-bond donors (Lipinski definition) is 2. The fourth-order valence-corrected chi connectivity index (χ4v) is 1.38. The van der Waals surface area contributed by atoms with Crippen molar-refractivity contribution in [2.75, 3.05) is 17.2 Å². The molecule has 0 atom stereocenters. The smallest absolute Gasteiger partial charge is 0.243 e. The van der Waals surface area contributed by atoms with Crippen molar-refractivity contribution in [2.45, 2.75) is 6.92 Å². The van der Waals surface area contributed by atoms with Gasteiger partial charge in [0.25, 0.3) is 0 Å². The molecule has 6 heteroatoms. The lowest BCUT2D eigenvalue weighted by molar-refractivity contribution is -0.114. The zero-order chi connectivity index (χ0) is 13.0. The lowest BCUT2D eigenvalue weighted by Gasteiger charge is -2.06. The van der Waals surface area contributed by atoms with E-state index in [9.17, 15) is 9.18 Å². The molecule has 0 bridgehead atoms. The van der Waals surface area contributed by atoms with Gasteiger partial charge < -0.3 is 15.2 Å². The van der Waals surface area contributed by atoms with Crippen LogP contribution in [0.4, 0.5) is 15.9 Å². The Hall–Kier alpha value is -2.37. The largest absolute Gasteiger partial charge is 0.360 e. The molecule has 0 spiro atoms. The van der Waals surface area contributed by atoms with E-state index in [4.69, 9.17) is 4.52 Å². The first-order chi connectivity index (χ1) is 8.65. The number of halogens is 1. The van der Waals surface area contributed by atoms with Crippen molar-refractivity contribution in [1.29, 1.82) is 0 Å². The fourth-order valence-electron chi connectivity index (χ4n) is 1.38. The normalized spacial score (nSPS) is 10.1. The Balaban J connectivity index is 1.88. The summed E-state index contributed by atoms with van der Waals surface area (Å²) in [5, 5.41) is 8.89. The number of hydrogen-bond acceptors (Lipinski definition) is 4. The van der Waals surface area contributed by atoms with E-state index < -0.39 is 5.82 Å². The number of para-hydroxylation sites is 1. The van der Waals surface area contributed by atoms with Crippen LogP contribution in [0, 0.1) is 12.7 Å². The summed E-state index contributed by atoms with van der Waals surface area (Å²) >= 11 is 0. The quantitative estimate of drug-likeness (QED) is 0.871. The first-order valence-corrected chi connectivity index (χ1v) is 5.37. The van der Waals surface area contributed by atoms with Gasteiger partial charge in [-0.3, -0.25) is 4.79 Å². The van der Waals surface area contributed by atoms with Crippen molar-refractivity contribution in [3.05, 3.63) is 41.9 Å². The van der Waals surface area contributed by atoms with Crippen LogP contribution in [0.15, 0.2) is 34.9 Å². The molecular weight excluding hydrogens is 237 g/mol. The van der Waals surface area contributed by atoms with Crippen LogP contribution >= 0.6 is 0 Å². The molecule has 1 aromatic carbocycles. The molecule has 1 heterocycles.